The molecule has 0 aliphatic rings. The second-order valence-corrected chi connectivity index (χ2v) is 2.85. The second kappa shape index (κ2) is 3.11. The SMILES string of the molecule is Nc1c(Cl)cc(Cl)cc1C=O. The summed E-state index contributed by atoms with van der Waals surface area (Å²) in [5.41, 5.74) is 6.03. The standard InChI is InChI=1S/C7H5Cl2NO/c8-5-1-4(3-11)7(10)6(9)2-5/h1-3H,10H2. The predicted octanol–water partition coefficient (Wildman–Crippen LogP) is 2.39. The van der Waals surface area contributed by atoms with E-state index in [1.807, 2.05) is 0 Å². The van der Waals surface area contributed by atoms with Crippen LogP contribution in [0.2, 0.25) is 10.0 Å². The van der Waals surface area contributed by atoms with Crippen LogP contribution in [-0.2, 0) is 0 Å². The number of hydrogen-bond acceptors (Lipinski definition) is 2. The van der Waals surface area contributed by atoms with E-state index in [2.05, 4.69) is 0 Å². The summed E-state index contributed by atoms with van der Waals surface area (Å²) in [5.74, 6) is 0. The Morgan fingerprint density at radius 1 is 1.36 bits per heavy atom. The molecule has 0 fully saturated rings. The van der Waals surface area contributed by atoms with E-state index in [0.717, 1.165) is 0 Å². The predicted molar refractivity (Wildman–Crippen MR) is 46.3 cm³/mol. The van der Waals surface area contributed by atoms with Crippen molar-refractivity contribution in [3.8, 4) is 0 Å². The Kier molecular flexibility index (Phi) is 2.37. The molecule has 0 saturated carbocycles. The largest absolute Gasteiger partial charge is 0.397 e. The second-order valence-electron chi connectivity index (χ2n) is 2.01. The van der Waals surface area contributed by atoms with Crippen molar-refractivity contribution in [1.82, 2.24) is 0 Å². The number of nitrogen functional groups attached to an aromatic ring is 1. The summed E-state index contributed by atoms with van der Waals surface area (Å²) in [6, 6.07) is 2.96. The number of halogens is 2. The molecule has 0 aliphatic heterocycles. The molecule has 0 aromatic heterocycles. The first-order valence-electron chi connectivity index (χ1n) is 2.85. The van der Waals surface area contributed by atoms with Crippen LogP contribution < -0.4 is 5.73 Å². The van der Waals surface area contributed by atoms with E-state index in [1.54, 1.807) is 0 Å². The summed E-state index contributed by atoms with van der Waals surface area (Å²) in [6.07, 6.45) is 0.618. The molecule has 0 spiro atoms. The zero-order chi connectivity index (χ0) is 8.43. The Morgan fingerprint density at radius 3 is 2.55 bits per heavy atom. The lowest BCUT2D eigenvalue weighted by Gasteiger charge is -2.00. The van der Waals surface area contributed by atoms with Crippen molar-refractivity contribution >= 4 is 35.2 Å². The van der Waals surface area contributed by atoms with Crippen LogP contribution in [0.25, 0.3) is 0 Å². The quantitative estimate of drug-likeness (QED) is 0.545. The Hall–Kier alpha value is -0.730. The Bertz CT molecular complexity index is 299. The molecule has 11 heavy (non-hydrogen) atoms. The van der Waals surface area contributed by atoms with Crippen LogP contribution >= 0.6 is 23.2 Å². The molecule has 0 atom stereocenters. The monoisotopic (exact) mass is 189 g/mol. The van der Waals surface area contributed by atoms with E-state index in [0.29, 0.717) is 21.9 Å². The third kappa shape index (κ3) is 1.64. The highest BCUT2D eigenvalue weighted by atomic mass is 35.5. The average molecular weight is 190 g/mol. The van der Waals surface area contributed by atoms with Gasteiger partial charge in [0.25, 0.3) is 0 Å². The fourth-order valence-corrected chi connectivity index (χ4v) is 1.21. The van der Waals surface area contributed by atoms with Crippen molar-refractivity contribution in [3.05, 3.63) is 27.7 Å². The zero-order valence-electron chi connectivity index (χ0n) is 5.47. The number of anilines is 1. The first-order valence-corrected chi connectivity index (χ1v) is 3.60. The van der Waals surface area contributed by atoms with Gasteiger partial charge in [-0.1, -0.05) is 23.2 Å². The van der Waals surface area contributed by atoms with Gasteiger partial charge < -0.3 is 5.73 Å². The highest BCUT2D eigenvalue weighted by Gasteiger charge is 2.03. The fourth-order valence-electron chi connectivity index (χ4n) is 0.702. The van der Waals surface area contributed by atoms with Crippen LogP contribution in [0.1, 0.15) is 10.4 Å². The summed E-state index contributed by atoms with van der Waals surface area (Å²) in [7, 11) is 0. The van der Waals surface area contributed by atoms with Crippen molar-refractivity contribution in [2.24, 2.45) is 0 Å². The van der Waals surface area contributed by atoms with Gasteiger partial charge in [-0.05, 0) is 12.1 Å². The van der Waals surface area contributed by atoms with Crippen molar-refractivity contribution in [2.45, 2.75) is 0 Å². The van der Waals surface area contributed by atoms with Crippen LogP contribution in [0.4, 0.5) is 5.69 Å². The summed E-state index contributed by atoms with van der Waals surface area (Å²) >= 11 is 11.2. The Morgan fingerprint density at radius 2 is 2.00 bits per heavy atom. The molecule has 2 N–H and O–H groups in total. The first kappa shape index (κ1) is 8.37. The number of rotatable bonds is 1. The summed E-state index contributed by atoms with van der Waals surface area (Å²) in [4.78, 5) is 10.3. The lowest BCUT2D eigenvalue weighted by molar-refractivity contribution is 0.112. The van der Waals surface area contributed by atoms with Gasteiger partial charge in [-0.2, -0.15) is 0 Å². The summed E-state index contributed by atoms with van der Waals surface area (Å²) in [5, 5.41) is 0.714. The highest BCUT2D eigenvalue weighted by Crippen LogP contribution is 2.25. The maximum absolute atomic E-state index is 10.3. The number of benzene rings is 1. The number of hydrogen-bond donors (Lipinski definition) is 1. The normalized spacial score (nSPS) is 9.64. The van der Waals surface area contributed by atoms with Crippen molar-refractivity contribution in [3.63, 3.8) is 0 Å². The smallest absolute Gasteiger partial charge is 0.152 e. The average Bonchev–Trinajstić information content (AvgIpc) is 1.96. The van der Waals surface area contributed by atoms with Crippen molar-refractivity contribution in [2.75, 3.05) is 5.73 Å². The molecule has 0 radical (unpaired) electrons. The molecule has 2 nitrogen and oxygen atoms in total. The van der Waals surface area contributed by atoms with E-state index in [4.69, 9.17) is 28.9 Å². The van der Waals surface area contributed by atoms with Crippen LogP contribution in [0.3, 0.4) is 0 Å². The lowest BCUT2D eigenvalue weighted by Crippen LogP contribution is -1.93. The molecule has 0 amide bonds. The van der Waals surface area contributed by atoms with Crippen LogP contribution in [0.5, 0.6) is 0 Å². The van der Waals surface area contributed by atoms with Gasteiger partial charge in [-0.3, -0.25) is 4.79 Å². The Balaban J connectivity index is 3.35. The Labute approximate surface area is 73.9 Å². The molecule has 0 saturated heterocycles. The van der Waals surface area contributed by atoms with Crippen LogP contribution in [0, 0.1) is 0 Å². The van der Waals surface area contributed by atoms with Crippen LogP contribution in [-0.4, -0.2) is 6.29 Å². The lowest BCUT2D eigenvalue weighted by atomic mass is 10.2. The van der Waals surface area contributed by atoms with Gasteiger partial charge in [-0.15, -0.1) is 0 Å². The molecule has 0 aliphatic carbocycles. The molecule has 1 rings (SSSR count). The van der Waals surface area contributed by atoms with Crippen LogP contribution in [0.15, 0.2) is 12.1 Å². The molecular formula is C7H5Cl2NO. The minimum absolute atomic E-state index is 0.270. The minimum Gasteiger partial charge on any atom is -0.397 e. The summed E-state index contributed by atoms with van der Waals surface area (Å²) in [6.45, 7) is 0. The molecule has 1 aromatic carbocycles. The molecule has 0 unspecified atom stereocenters. The molecule has 0 bridgehead atoms. The minimum atomic E-state index is 0.270. The third-order valence-electron chi connectivity index (χ3n) is 1.25. The van der Waals surface area contributed by atoms with Crippen molar-refractivity contribution in [1.29, 1.82) is 0 Å². The molecular weight excluding hydrogens is 185 g/mol. The van der Waals surface area contributed by atoms with E-state index >= 15 is 0 Å². The topological polar surface area (TPSA) is 43.1 Å². The van der Waals surface area contributed by atoms with E-state index < -0.39 is 0 Å². The molecule has 58 valence electrons. The number of carbonyl (C=O) groups excluding carboxylic acids is 1. The maximum Gasteiger partial charge on any atom is 0.152 e. The summed E-state index contributed by atoms with van der Waals surface area (Å²) < 4.78 is 0. The van der Waals surface area contributed by atoms with E-state index in [-0.39, 0.29) is 5.69 Å². The maximum atomic E-state index is 10.3. The zero-order valence-corrected chi connectivity index (χ0v) is 6.99. The van der Waals surface area contributed by atoms with E-state index in [9.17, 15) is 4.79 Å². The molecule has 1 aromatic rings. The van der Waals surface area contributed by atoms with Gasteiger partial charge >= 0.3 is 0 Å². The number of nitrogens with two attached hydrogens (primary N) is 1. The van der Waals surface area contributed by atoms with Gasteiger partial charge in [0.2, 0.25) is 0 Å². The van der Waals surface area contributed by atoms with Gasteiger partial charge in [0.05, 0.1) is 10.7 Å². The first-order chi connectivity index (χ1) is 5.15. The highest BCUT2D eigenvalue weighted by molar-refractivity contribution is 6.37. The third-order valence-corrected chi connectivity index (χ3v) is 1.78. The van der Waals surface area contributed by atoms with Gasteiger partial charge in [0.15, 0.2) is 6.29 Å². The molecule has 4 heteroatoms. The van der Waals surface area contributed by atoms with E-state index in [1.165, 1.54) is 12.1 Å². The van der Waals surface area contributed by atoms with Gasteiger partial charge in [0.1, 0.15) is 0 Å². The molecule has 0 heterocycles. The van der Waals surface area contributed by atoms with Gasteiger partial charge in [-0.25, -0.2) is 0 Å². The van der Waals surface area contributed by atoms with Gasteiger partial charge in [0, 0.05) is 10.6 Å². The van der Waals surface area contributed by atoms with Crippen molar-refractivity contribution < 1.29 is 4.79 Å². The fraction of sp³-hybridized carbons (Fsp3) is 0. The number of carbonyl (C=O) groups is 1. The number of aldehydes is 1.